The second-order valence-electron chi connectivity index (χ2n) is 17.0. The molecule has 0 bridgehead atoms. The number of hydrogen-bond donors (Lipinski definition) is 0. The molecule has 0 saturated carbocycles. The monoisotopic (exact) mass is 744 g/mol. The van der Waals surface area contributed by atoms with Gasteiger partial charge in [0.15, 0.2) is 0 Å². The van der Waals surface area contributed by atoms with Crippen LogP contribution in [0.5, 0.6) is 23.0 Å². The molecule has 0 unspecified atom stereocenters. The standard InChI is InChI=1S/C53H37BN2O2/c1-30-22-24-42-38(26-30)54-39-27-31(2)23-25-43(39)58-45-29-33(28-44(57-42)50(45)54)56-40-20-12-9-17-35(40)47-49-46(34-16-8-11-19-37(34)53(49,3)4)51-48(52(47)56)36-18-10-13-21-41(36)55(51)32-14-6-5-7-15-32/h5-29H,1-4H3. The highest BCUT2D eigenvalue weighted by Gasteiger charge is 2.43. The molecule has 13 rings (SSSR count). The van der Waals surface area contributed by atoms with Crippen molar-refractivity contribution in [1.82, 2.24) is 9.13 Å². The molecule has 0 saturated heterocycles. The van der Waals surface area contributed by atoms with Crippen LogP contribution in [0, 0.1) is 13.8 Å². The SMILES string of the molecule is Cc1ccc2c(c1)B1c3cc(C)ccc3Oc3cc(-n4c5ccccc5c5c6c(c7c(c8ccccc8n7-c7ccccc7)c54)-c4ccccc4C6(C)C)cc(c31)O2. The lowest BCUT2D eigenvalue weighted by Crippen LogP contribution is -2.57. The van der Waals surface area contributed by atoms with Crippen LogP contribution < -0.4 is 25.9 Å². The highest BCUT2D eigenvalue weighted by atomic mass is 16.5. The number of benzene rings is 8. The van der Waals surface area contributed by atoms with Gasteiger partial charge in [-0.1, -0.05) is 128 Å². The van der Waals surface area contributed by atoms with Crippen molar-refractivity contribution in [3.63, 3.8) is 0 Å². The number of aryl methyl sites for hydroxylation is 2. The molecule has 2 aromatic heterocycles. The van der Waals surface area contributed by atoms with Crippen molar-refractivity contribution in [2.45, 2.75) is 33.1 Å². The third kappa shape index (κ3) is 4.01. The Hall–Kier alpha value is -6.98. The smallest absolute Gasteiger partial charge is 0.260 e. The molecule has 10 aromatic rings. The summed E-state index contributed by atoms with van der Waals surface area (Å²) in [6, 6.07) is 55.5. The summed E-state index contributed by atoms with van der Waals surface area (Å²) in [5.74, 6) is 3.47. The molecule has 0 radical (unpaired) electrons. The second-order valence-corrected chi connectivity index (χ2v) is 17.0. The van der Waals surface area contributed by atoms with Gasteiger partial charge in [0.25, 0.3) is 6.71 Å². The van der Waals surface area contributed by atoms with Gasteiger partial charge in [-0.15, -0.1) is 0 Å². The average Bonchev–Trinajstić information content (AvgIpc) is 3.84. The molecule has 8 aromatic carbocycles. The number of fused-ring (bicyclic) bond motifs is 16. The van der Waals surface area contributed by atoms with E-state index < -0.39 is 0 Å². The van der Waals surface area contributed by atoms with Crippen molar-refractivity contribution in [2.75, 3.05) is 0 Å². The lowest BCUT2D eigenvalue weighted by atomic mass is 9.34. The summed E-state index contributed by atoms with van der Waals surface area (Å²) >= 11 is 0. The first-order valence-electron chi connectivity index (χ1n) is 20.3. The molecule has 274 valence electrons. The van der Waals surface area contributed by atoms with E-state index in [2.05, 4.69) is 188 Å². The van der Waals surface area contributed by atoms with Gasteiger partial charge in [0.05, 0.1) is 27.8 Å². The van der Waals surface area contributed by atoms with Gasteiger partial charge >= 0.3 is 0 Å². The maximum absolute atomic E-state index is 6.96. The van der Waals surface area contributed by atoms with Gasteiger partial charge in [0.2, 0.25) is 0 Å². The highest BCUT2D eigenvalue weighted by molar-refractivity contribution is 6.98. The summed E-state index contributed by atoms with van der Waals surface area (Å²) in [5, 5.41) is 4.99. The lowest BCUT2D eigenvalue weighted by molar-refractivity contribution is 0.464. The average molecular weight is 745 g/mol. The van der Waals surface area contributed by atoms with E-state index in [-0.39, 0.29) is 12.1 Å². The first-order valence-corrected chi connectivity index (χ1v) is 20.3. The fraction of sp³-hybridized carbons (Fsp3) is 0.0943. The number of ether oxygens (including phenoxy) is 2. The molecule has 0 fully saturated rings. The van der Waals surface area contributed by atoms with Crippen molar-refractivity contribution in [3.05, 3.63) is 174 Å². The topological polar surface area (TPSA) is 28.3 Å². The first-order chi connectivity index (χ1) is 28.4. The third-order valence-electron chi connectivity index (χ3n) is 13.3. The fourth-order valence-corrected chi connectivity index (χ4v) is 10.9. The van der Waals surface area contributed by atoms with E-state index in [9.17, 15) is 0 Å². The molecule has 5 heteroatoms. The van der Waals surface area contributed by atoms with Gasteiger partial charge in [-0.2, -0.15) is 0 Å². The summed E-state index contributed by atoms with van der Waals surface area (Å²) in [7, 11) is 0. The molecular formula is C53H37BN2O2. The van der Waals surface area contributed by atoms with Crippen LogP contribution in [0.4, 0.5) is 0 Å². The lowest BCUT2D eigenvalue weighted by Gasteiger charge is -2.33. The van der Waals surface area contributed by atoms with Crippen LogP contribution >= 0.6 is 0 Å². The minimum absolute atomic E-state index is 0.00243. The van der Waals surface area contributed by atoms with E-state index in [0.717, 1.165) is 45.4 Å². The summed E-state index contributed by atoms with van der Waals surface area (Å²) in [5.41, 5.74) is 17.9. The fourth-order valence-electron chi connectivity index (χ4n) is 10.9. The van der Waals surface area contributed by atoms with Gasteiger partial charge < -0.3 is 18.6 Å². The van der Waals surface area contributed by atoms with E-state index >= 15 is 0 Å². The molecule has 0 spiro atoms. The third-order valence-corrected chi connectivity index (χ3v) is 13.3. The van der Waals surface area contributed by atoms with Crippen LogP contribution in [0.15, 0.2) is 152 Å². The van der Waals surface area contributed by atoms with E-state index in [1.54, 1.807) is 0 Å². The molecule has 0 amide bonds. The number of para-hydroxylation sites is 3. The van der Waals surface area contributed by atoms with Crippen molar-refractivity contribution in [2.24, 2.45) is 0 Å². The molecule has 3 aliphatic rings. The molecular weight excluding hydrogens is 707 g/mol. The molecule has 2 aliphatic heterocycles. The van der Waals surface area contributed by atoms with E-state index in [1.807, 2.05) is 0 Å². The highest BCUT2D eigenvalue weighted by Crippen LogP contribution is 2.58. The van der Waals surface area contributed by atoms with Crippen LogP contribution in [0.3, 0.4) is 0 Å². The van der Waals surface area contributed by atoms with Crippen LogP contribution in [0.2, 0.25) is 0 Å². The zero-order chi connectivity index (χ0) is 38.6. The van der Waals surface area contributed by atoms with Crippen LogP contribution in [0.1, 0.15) is 36.1 Å². The zero-order valence-electron chi connectivity index (χ0n) is 32.7. The van der Waals surface area contributed by atoms with Crippen molar-refractivity contribution < 1.29 is 9.47 Å². The molecule has 4 nitrogen and oxygen atoms in total. The quantitative estimate of drug-likeness (QED) is 0.165. The first kappa shape index (κ1) is 32.1. The van der Waals surface area contributed by atoms with E-state index in [0.29, 0.717) is 0 Å². The van der Waals surface area contributed by atoms with Crippen molar-refractivity contribution in [1.29, 1.82) is 0 Å². The maximum atomic E-state index is 6.96. The molecule has 0 atom stereocenters. The molecule has 0 N–H and O–H groups in total. The summed E-state index contributed by atoms with van der Waals surface area (Å²) in [4.78, 5) is 0. The van der Waals surface area contributed by atoms with Crippen LogP contribution in [0.25, 0.3) is 66.1 Å². The second kappa shape index (κ2) is 11.1. The van der Waals surface area contributed by atoms with Crippen molar-refractivity contribution in [3.8, 4) is 45.5 Å². The van der Waals surface area contributed by atoms with Crippen LogP contribution in [-0.2, 0) is 5.41 Å². The number of aromatic nitrogens is 2. The molecule has 4 heterocycles. The van der Waals surface area contributed by atoms with Gasteiger partial charge in [0.1, 0.15) is 23.0 Å². The van der Waals surface area contributed by atoms with Gasteiger partial charge in [-0.05, 0) is 77.9 Å². The summed E-state index contributed by atoms with van der Waals surface area (Å²) < 4.78 is 18.9. The predicted octanol–water partition coefficient (Wildman–Crippen LogP) is 11.5. The summed E-state index contributed by atoms with van der Waals surface area (Å²) in [6.07, 6.45) is 0. The van der Waals surface area contributed by atoms with Gasteiger partial charge in [0, 0.05) is 55.8 Å². The van der Waals surface area contributed by atoms with Gasteiger partial charge in [-0.3, -0.25) is 0 Å². The number of rotatable bonds is 2. The van der Waals surface area contributed by atoms with E-state index in [4.69, 9.17) is 9.47 Å². The minimum Gasteiger partial charge on any atom is -0.458 e. The Morgan fingerprint density at radius 2 is 1.05 bits per heavy atom. The Balaban J connectivity index is 1.22. The van der Waals surface area contributed by atoms with Crippen LogP contribution in [-0.4, -0.2) is 15.8 Å². The molecule has 1 aliphatic carbocycles. The largest absolute Gasteiger partial charge is 0.458 e. The minimum atomic E-state index is -0.268. The number of nitrogens with zero attached hydrogens (tertiary/aromatic N) is 2. The van der Waals surface area contributed by atoms with E-state index in [1.165, 1.54) is 82.4 Å². The molecule has 58 heavy (non-hydrogen) atoms. The predicted molar refractivity (Wildman–Crippen MR) is 240 cm³/mol. The van der Waals surface area contributed by atoms with Gasteiger partial charge in [-0.25, -0.2) is 0 Å². The normalized spacial score (nSPS) is 14.2. The maximum Gasteiger partial charge on any atom is 0.260 e. The van der Waals surface area contributed by atoms with Crippen molar-refractivity contribution >= 4 is 66.7 Å². The summed E-state index contributed by atoms with van der Waals surface area (Å²) in [6.45, 7) is 9.14. The zero-order valence-corrected chi connectivity index (χ0v) is 32.7. The Morgan fingerprint density at radius 1 is 0.500 bits per heavy atom. The Morgan fingerprint density at radius 3 is 1.71 bits per heavy atom. The Kier molecular flexibility index (Phi) is 6.16. The Labute approximate surface area is 336 Å². The Bertz CT molecular complexity index is 3390. The number of hydrogen-bond acceptors (Lipinski definition) is 2.